The molecule has 4 heteroatoms. The van der Waals surface area contributed by atoms with Crippen LogP contribution in [-0.2, 0) is 11.2 Å². The summed E-state index contributed by atoms with van der Waals surface area (Å²) in [4.78, 5) is 2.28. The van der Waals surface area contributed by atoms with Crippen molar-refractivity contribution in [2.75, 3.05) is 37.7 Å². The minimum Gasteiger partial charge on any atom is -0.380 e. The fourth-order valence-electron chi connectivity index (χ4n) is 1.97. The van der Waals surface area contributed by atoms with Gasteiger partial charge in [-0.05, 0) is 44.5 Å². The van der Waals surface area contributed by atoms with Crippen LogP contribution in [0.15, 0.2) is 18.2 Å². The molecule has 0 saturated carbocycles. The third kappa shape index (κ3) is 4.48. The molecule has 0 aliphatic heterocycles. The predicted octanol–water partition coefficient (Wildman–Crippen LogP) is 2.70. The lowest BCUT2D eigenvalue weighted by Crippen LogP contribution is -2.28. The van der Waals surface area contributed by atoms with Crippen molar-refractivity contribution in [1.82, 2.24) is 0 Å². The number of halogens is 1. The monoisotopic (exact) mass is 270 g/mol. The lowest BCUT2D eigenvalue weighted by Gasteiger charge is -2.26. The van der Waals surface area contributed by atoms with Gasteiger partial charge in [-0.2, -0.15) is 0 Å². The molecule has 0 atom stereocenters. The van der Waals surface area contributed by atoms with Crippen LogP contribution >= 0.6 is 11.6 Å². The van der Waals surface area contributed by atoms with Gasteiger partial charge in [0.05, 0.1) is 6.61 Å². The van der Waals surface area contributed by atoms with Crippen LogP contribution < -0.4 is 10.6 Å². The Bertz CT molecular complexity index is 358. The van der Waals surface area contributed by atoms with Crippen molar-refractivity contribution in [2.24, 2.45) is 5.73 Å². The summed E-state index contributed by atoms with van der Waals surface area (Å²) in [5.74, 6) is 0. The maximum Gasteiger partial charge on any atom is 0.0641 e. The number of ether oxygens (including phenoxy) is 1. The van der Waals surface area contributed by atoms with Crippen LogP contribution in [0.3, 0.4) is 0 Å². The smallest absolute Gasteiger partial charge is 0.0641 e. The van der Waals surface area contributed by atoms with E-state index in [0.29, 0.717) is 6.54 Å². The Morgan fingerprint density at radius 2 is 2.11 bits per heavy atom. The molecule has 2 N–H and O–H groups in total. The van der Waals surface area contributed by atoms with Crippen LogP contribution in [0, 0.1) is 0 Å². The van der Waals surface area contributed by atoms with Gasteiger partial charge in [0.25, 0.3) is 0 Å². The Labute approximate surface area is 115 Å². The van der Waals surface area contributed by atoms with Gasteiger partial charge >= 0.3 is 0 Å². The Hall–Kier alpha value is -0.770. The van der Waals surface area contributed by atoms with E-state index >= 15 is 0 Å². The van der Waals surface area contributed by atoms with E-state index in [1.54, 1.807) is 0 Å². The summed E-state index contributed by atoms with van der Waals surface area (Å²) in [7, 11) is 0. The summed E-state index contributed by atoms with van der Waals surface area (Å²) >= 11 is 6.09. The molecule has 0 radical (unpaired) electrons. The number of hydrogen-bond acceptors (Lipinski definition) is 3. The summed E-state index contributed by atoms with van der Waals surface area (Å²) in [6.07, 6.45) is 0.873. The summed E-state index contributed by atoms with van der Waals surface area (Å²) < 4.78 is 5.42. The molecular weight excluding hydrogens is 248 g/mol. The van der Waals surface area contributed by atoms with Gasteiger partial charge in [-0.1, -0.05) is 17.7 Å². The van der Waals surface area contributed by atoms with Crippen molar-refractivity contribution in [1.29, 1.82) is 0 Å². The predicted molar refractivity (Wildman–Crippen MR) is 78.6 cm³/mol. The van der Waals surface area contributed by atoms with E-state index < -0.39 is 0 Å². The van der Waals surface area contributed by atoms with E-state index in [9.17, 15) is 0 Å². The lowest BCUT2D eigenvalue weighted by atomic mass is 10.1. The van der Waals surface area contributed by atoms with E-state index in [4.69, 9.17) is 22.1 Å². The Kier molecular flexibility index (Phi) is 7.09. The Morgan fingerprint density at radius 1 is 1.33 bits per heavy atom. The highest BCUT2D eigenvalue weighted by atomic mass is 35.5. The first-order valence-corrected chi connectivity index (χ1v) is 6.91. The maximum atomic E-state index is 6.09. The lowest BCUT2D eigenvalue weighted by molar-refractivity contribution is 0.154. The summed E-state index contributed by atoms with van der Waals surface area (Å²) in [6, 6.07) is 6.00. The van der Waals surface area contributed by atoms with Gasteiger partial charge in [0.15, 0.2) is 0 Å². The van der Waals surface area contributed by atoms with Crippen LogP contribution in [0.25, 0.3) is 0 Å². The minimum absolute atomic E-state index is 0.650. The zero-order chi connectivity index (χ0) is 13.4. The normalized spacial score (nSPS) is 10.7. The van der Waals surface area contributed by atoms with Gasteiger partial charge in [-0.3, -0.25) is 0 Å². The fraction of sp³-hybridized carbons (Fsp3) is 0.571. The number of likely N-dealkylation sites (N-methyl/N-ethyl adjacent to an activating group) is 1. The Balaban J connectivity index is 2.84. The average Bonchev–Trinajstić information content (AvgIpc) is 2.37. The number of nitrogens with two attached hydrogens (primary N) is 1. The average molecular weight is 271 g/mol. The van der Waals surface area contributed by atoms with Crippen molar-refractivity contribution in [3.8, 4) is 0 Å². The highest BCUT2D eigenvalue weighted by molar-refractivity contribution is 6.30. The third-order valence-corrected chi connectivity index (χ3v) is 3.13. The fourth-order valence-corrected chi connectivity index (χ4v) is 2.13. The van der Waals surface area contributed by atoms with E-state index in [-0.39, 0.29) is 0 Å². The largest absolute Gasteiger partial charge is 0.380 e. The van der Waals surface area contributed by atoms with Crippen molar-refractivity contribution in [3.63, 3.8) is 0 Å². The Morgan fingerprint density at radius 3 is 2.72 bits per heavy atom. The van der Waals surface area contributed by atoms with Crippen LogP contribution in [0.2, 0.25) is 5.02 Å². The summed E-state index contributed by atoms with van der Waals surface area (Å²) in [5, 5.41) is 0.764. The van der Waals surface area contributed by atoms with E-state index in [0.717, 1.165) is 37.7 Å². The van der Waals surface area contributed by atoms with Crippen LogP contribution in [-0.4, -0.2) is 32.8 Å². The van der Waals surface area contributed by atoms with Crippen LogP contribution in [0.5, 0.6) is 0 Å². The van der Waals surface area contributed by atoms with E-state index in [1.807, 2.05) is 19.1 Å². The molecule has 0 bridgehead atoms. The first-order valence-electron chi connectivity index (χ1n) is 6.54. The van der Waals surface area contributed by atoms with Gasteiger partial charge in [-0.15, -0.1) is 0 Å². The van der Waals surface area contributed by atoms with E-state index in [1.165, 1.54) is 11.3 Å². The summed E-state index contributed by atoms with van der Waals surface area (Å²) in [5.41, 5.74) is 8.08. The molecule has 1 aromatic rings. The van der Waals surface area contributed by atoms with Gasteiger partial charge < -0.3 is 15.4 Å². The second-order valence-electron chi connectivity index (χ2n) is 4.09. The number of benzene rings is 1. The van der Waals surface area contributed by atoms with Crippen molar-refractivity contribution >= 4 is 17.3 Å². The molecular formula is C14H23ClN2O. The molecule has 0 aromatic heterocycles. The number of rotatable bonds is 8. The standard InChI is InChI=1S/C14H23ClN2O/c1-3-17(9-10-18-4-2)14-11-13(15)6-5-12(14)7-8-16/h5-6,11H,3-4,7-10,16H2,1-2H3. The molecule has 1 aromatic carbocycles. The van der Waals surface area contributed by atoms with Crippen molar-refractivity contribution in [2.45, 2.75) is 20.3 Å². The van der Waals surface area contributed by atoms with Crippen molar-refractivity contribution in [3.05, 3.63) is 28.8 Å². The quantitative estimate of drug-likeness (QED) is 0.738. The number of anilines is 1. The molecule has 0 spiro atoms. The van der Waals surface area contributed by atoms with Gasteiger partial charge in [-0.25, -0.2) is 0 Å². The molecule has 0 saturated heterocycles. The molecule has 0 heterocycles. The topological polar surface area (TPSA) is 38.5 Å². The summed E-state index contributed by atoms with van der Waals surface area (Å²) in [6.45, 7) is 8.10. The SMILES string of the molecule is CCOCCN(CC)c1cc(Cl)ccc1CCN. The second-order valence-corrected chi connectivity index (χ2v) is 4.52. The van der Waals surface area contributed by atoms with Gasteiger partial charge in [0.1, 0.15) is 0 Å². The maximum absolute atomic E-state index is 6.09. The molecule has 0 aliphatic rings. The van der Waals surface area contributed by atoms with Crippen LogP contribution in [0.1, 0.15) is 19.4 Å². The number of hydrogen-bond donors (Lipinski definition) is 1. The first kappa shape index (κ1) is 15.3. The molecule has 18 heavy (non-hydrogen) atoms. The molecule has 0 unspecified atom stereocenters. The molecule has 0 aliphatic carbocycles. The highest BCUT2D eigenvalue weighted by Gasteiger charge is 2.10. The third-order valence-electron chi connectivity index (χ3n) is 2.89. The molecule has 1 rings (SSSR count). The molecule has 0 amide bonds. The second kappa shape index (κ2) is 8.35. The first-order chi connectivity index (χ1) is 8.72. The zero-order valence-corrected chi connectivity index (χ0v) is 12.0. The van der Waals surface area contributed by atoms with E-state index in [2.05, 4.69) is 17.9 Å². The van der Waals surface area contributed by atoms with Crippen molar-refractivity contribution < 1.29 is 4.74 Å². The molecule has 0 fully saturated rings. The zero-order valence-electron chi connectivity index (χ0n) is 11.3. The minimum atomic E-state index is 0.650. The highest BCUT2D eigenvalue weighted by Crippen LogP contribution is 2.25. The van der Waals surface area contributed by atoms with Gasteiger partial charge in [0, 0.05) is 30.4 Å². The molecule has 102 valence electrons. The number of nitrogens with zero attached hydrogens (tertiary/aromatic N) is 1. The molecule has 3 nitrogen and oxygen atoms in total. The van der Waals surface area contributed by atoms with Crippen LogP contribution in [0.4, 0.5) is 5.69 Å². The van der Waals surface area contributed by atoms with Gasteiger partial charge in [0.2, 0.25) is 0 Å².